The van der Waals surface area contributed by atoms with Gasteiger partial charge in [0.2, 0.25) is 0 Å². The second kappa shape index (κ2) is 7.14. The molecule has 0 aliphatic rings. The van der Waals surface area contributed by atoms with E-state index in [0.717, 1.165) is 11.8 Å². The number of ether oxygens (including phenoxy) is 1. The zero-order valence-corrected chi connectivity index (χ0v) is 11.0. The topological polar surface area (TPSA) is 46.5 Å². The molecule has 0 amide bonds. The first-order valence-electron chi connectivity index (χ1n) is 6.44. The summed E-state index contributed by atoms with van der Waals surface area (Å²) in [6.45, 7) is 0. The van der Waals surface area contributed by atoms with Crippen LogP contribution in [0.2, 0.25) is 0 Å². The SMILES string of the molecule is O=C(OC(=CO)CCc1ccccc1)c1ccccc1. The number of hydrogen-bond donors (Lipinski definition) is 1. The van der Waals surface area contributed by atoms with Crippen LogP contribution in [0.25, 0.3) is 0 Å². The molecule has 2 rings (SSSR count). The van der Waals surface area contributed by atoms with Crippen LogP contribution in [0.1, 0.15) is 22.3 Å². The lowest BCUT2D eigenvalue weighted by Gasteiger charge is -2.07. The van der Waals surface area contributed by atoms with Gasteiger partial charge in [0, 0.05) is 6.42 Å². The van der Waals surface area contributed by atoms with Gasteiger partial charge in [0.25, 0.3) is 0 Å². The molecule has 102 valence electrons. The first-order chi connectivity index (χ1) is 9.79. The Bertz CT molecular complexity index is 574. The number of aliphatic hydroxyl groups excluding tert-OH is 1. The number of rotatable bonds is 5. The quantitative estimate of drug-likeness (QED) is 0.661. The maximum absolute atomic E-state index is 11.9. The summed E-state index contributed by atoms with van der Waals surface area (Å²) in [6, 6.07) is 18.6. The van der Waals surface area contributed by atoms with Gasteiger partial charge in [0.1, 0.15) is 12.0 Å². The maximum Gasteiger partial charge on any atom is 0.343 e. The normalized spacial score (nSPS) is 11.1. The van der Waals surface area contributed by atoms with Gasteiger partial charge in [-0.15, -0.1) is 0 Å². The number of benzene rings is 2. The van der Waals surface area contributed by atoms with Crippen LogP contribution < -0.4 is 0 Å². The standard InChI is InChI=1S/C17H16O3/c18-13-16(12-11-14-7-3-1-4-8-14)20-17(19)15-9-5-2-6-10-15/h1-10,13,18H,11-12H2. The molecule has 0 aromatic heterocycles. The highest BCUT2D eigenvalue weighted by atomic mass is 16.5. The van der Waals surface area contributed by atoms with Crippen LogP contribution in [0.15, 0.2) is 72.7 Å². The van der Waals surface area contributed by atoms with Crippen molar-refractivity contribution in [1.29, 1.82) is 0 Å². The summed E-state index contributed by atoms with van der Waals surface area (Å²) in [5, 5.41) is 9.16. The highest BCUT2D eigenvalue weighted by Gasteiger charge is 2.10. The maximum atomic E-state index is 11.9. The van der Waals surface area contributed by atoms with Gasteiger partial charge in [0.05, 0.1) is 5.56 Å². The van der Waals surface area contributed by atoms with Crippen molar-refractivity contribution in [3.63, 3.8) is 0 Å². The molecule has 20 heavy (non-hydrogen) atoms. The molecule has 0 saturated carbocycles. The largest absolute Gasteiger partial charge is 0.512 e. The lowest BCUT2D eigenvalue weighted by atomic mass is 10.1. The lowest BCUT2D eigenvalue weighted by molar-refractivity contribution is 0.0604. The molecule has 2 aromatic rings. The summed E-state index contributed by atoms with van der Waals surface area (Å²) in [5.74, 6) is -0.193. The van der Waals surface area contributed by atoms with E-state index in [2.05, 4.69) is 0 Å². The molecule has 0 radical (unpaired) electrons. The van der Waals surface area contributed by atoms with E-state index in [0.29, 0.717) is 18.4 Å². The summed E-state index contributed by atoms with van der Waals surface area (Å²) in [7, 11) is 0. The molecule has 0 saturated heterocycles. The highest BCUT2D eigenvalue weighted by molar-refractivity contribution is 5.89. The number of esters is 1. The average Bonchev–Trinajstić information content (AvgIpc) is 2.53. The minimum Gasteiger partial charge on any atom is -0.512 e. The van der Waals surface area contributed by atoms with Crippen molar-refractivity contribution in [3.8, 4) is 0 Å². The van der Waals surface area contributed by atoms with Gasteiger partial charge < -0.3 is 9.84 Å². The van der Waals surface area contributed by atoms with Crippen LogP contribution >= 0.6 is 0 Å². The van der Waals surface area contributed by atoms with Crippen molar-refractivity contribution in [2.24, 2.45) is 0 Å². The van der Waals surface area contributed by atoms with E-state index in [1.165, 1.54) is 0 Å². The monoisotopic (exact) mass is 268 g/mol. The van der Waals surface area contributed by atoms with Gasteiger partial charge in [-0.3, -0.25) is 0 Å². The number of carbonyl (C=O) groups is 1. The zero-order valence-electron chi connectivity index (χ0n) is 11.0. The lowest BCUT2D eigenvalue weighted by Crippen LogP contribution is -2.06. The third-order valence-corrected chi connectivity index (χ3v) is 2.88. The Hall–Kier alpha value is -2.55. The number of hydrogen-bond acceptors (Lipinski definition) is 3. The van der Waals surface area contributed by atoms with E-state index >= 15 is 0 Å². The Morgan fingerprint density at radius 3 is 2.20 bits per heavy atom. The summed E-state index contributed by atoms with van der Waals surface area (Å²) < 4.78 is 5.18. The van der Waals surface area contributed by atoms with Crippen molar-refractivity contribution in [1.82, 2.24) is 0 Å². The van der Waals surface area contributed by atoms with Crippen LogP contribution in [0.5, 0.6) is 0 Å². The fraction of sp³-hybridized carbons (Fsp3) is 0.118. The zero-order chi connectivity index (χ0) is 14.2. The van der Waals surface area contributed by atoms with Gasteiger partial charge in [-0.25, -0.2) is 4.79 Å². The Balaban J connectivity index is 1.92. The predicted molar refractivity (Wildman–Crippen MR) is 77.3 cm³/mol. The highest BCUT2D eigenvalue weighted by Crippen LogP contribution is 2.12. The molecule has 0 unspecified atom stereocenters. The second-order valence-corrected chi connectivity index (χ2v) is 4.34. The van der Waals surface area contributed by atoms with Gasteiger partial charge in [-0.1, -0.05) is 48.5 Å². The third-order valence-electron chi connectivity index (χ3n) is 2.88. The smallest absolute Gasteiger partial charge is 0.343 e. The molecular formula is C17H16O3. The average molecular weight is 268 g/mol. The van der Waals surface area contributed by atoms with Crippen molar-refractivity contribution in [3.05, 3.63) is 83.8 Å². The molecule has 0 spiro atoms. The van der Waals surface area contributed by atoms with E-state index in [1.807, 2.05) is 36.4 Å². The van der Waals surface area contributed by atoms with Crippen LogP contribution in [0.3, 0.4) is 0 Å². The number of allylic oxidation sites excluding steroid dienone is 1. The minimum absolute atomic E-state index is 0.266. The van der Waals surface area contributed by atoms with E-state index in [1.54, 1.807) is 24.3 Å². The Kier molecular flexibility index (Phi) is 4.95. The summed E-state index contributed by atoms with van der Waals surface area (Å²) in [6.07, 6.45) is 2.03. The fourth-order valence-electron chi connectivity index (χ4n) is 1.81. The van der Waals surface area contributed by atoms with Gasteiger partial charge in [0.15, 0.2) is 0 Å². The predicted octanol–water partition coefficient (Wildman–Crippen LogP) is 3.88. The first kappa shape index (κ1) is 13.9. The second-order valence-electron chi connectivity index (χ2n) is 4.34. The van der Waals surface area contributed by atoms with Crippen LogP contribution in [-0.2, 0) is 11.2 Å². The van der Waals surface area contributed by atoms with E-state index in [-0.39, 0.29) is 5.76 Å². The molecule has 3 heteroatoms. The number of carbonyl (C=O) groups excluding carboxylic acids is 1. The van der Waals surface area contributed by atoms with Gasteiger partial charge in [-0.05, 0) is 24.1 Å². The van der Waals surface area contributed by atoms with Crippen molar-refractivity contribution < 1.29 is 14.6 Å². The molecule has 0 aliphatic heterocycles. The molecular weight excluding hydrogens is 252 g/mol. The molecule has 3 nitrogen and oxygen atoms in total. The molecule has 1 N–H and O–H groups in total. The first-order valence-corrected chi connectivity index (χ1v) is 6.44. The van der Waals surface area contributed by atoms with Gasteiger partial charge >= 0.3 is 5.97 Å². The Morgan fingerprint density at radius 2 is 1.60 bits per heavy atom. The van der Waals surface area contributed by atoms with E-state index < -0.39 is 5.97 Å². The van der Waals surface area contributed by atoms with E-state index in [9.17, 15) is 4.79 Å². The molecule has 2 aromatic carbocycles. The van der Waals surface area contributed by atoms with Crippen LogP contribution in [0, 0.1) is 0 Å². The number of aliphatic hydroxyl groups is 1. The van der Waals surface area contributed by atoms with E-state index in [4.69, 9.17) is 9.84 Å². The Labute approximate surface area is 118 Å². The van der Waals surface area contributed by atoms with Crippen molar-refractivity contribution in [2.45, 2.75) is 12.8 Å². The molecule has 0 bridgehead atoms. The van der Waals surface area contributed by atoms with Crippen molar-refractivity contribution >= 4 is 5.97 Å². The third kappa shape index (κ3) is 3.99. The van der Waals surface area contributed by atoms with Crippen LogP contribution in [0.4, 0.5) is 0 Å². The molecule has 0 heterocycles. The summed E-state index contributed by atoms with van der Waals surface area (Å²) >= 11 is 0. The summed E-state index contributed by atoms with van der Waals surface area (Å²) in [5.41, 5.74) is 1.59. The van der Waals surface area contributed by atoms with Crippen molar-refractivity contribution in [2.75, 3.05) is 0 Å². The molecule has 0 aliphatic carbocycles. The minimum atomic E-state index is -0.459. The molecule has 0 atom stereocenters. The number of aryl methyl sites for hydroxylation is 1. The fourth-order valence-corrected chi connectivity index (χ4v) is 1.81. The van der Waals surface area contributed by atoms with Gasteiger partial charge in [-0.2, -0.15) is 0 Å². The summed E-state index contributed by atoms with van der Waals surface area (Å²) in [4.78, 5) is 11.9. The van der Waals surface area contributed by atoms with Crippen LogP contribution in [-0.4, -0.2) is 11.1 Å². The molecule has 0 fully saturated rings. The Morgan fingerprint density at radius 1 is 1.00 bits per heavy atom.